The SMILES string of the molecule is COC(=O)c1ccc(Nc2ncc(C)c(Nc3ccccc3S(=O)(=O)N(C)C)n2)cc1. The molecular weight excluding hydrogens is 418 g/mol. The molecule has 0 radical (unpaired) electrons. The first kappa shape index (κ1) is 22.2. The number of carbonyl (C=O) groups is 1. The summed E-state index contributed by atoms with van der Waals surface area (Å²) in [5.74, 6) is 0.355. The Morgan fingerprint density at radius 2 is 1.71 bits per heavy atom. The summed E-state index contributed by atoms with van der Waals surface area (Å²) >= 11 is 0. The van der Waals surface area contributed by atoms with Crippen molar-refractivity contribution in [2.75, 3.05) is 31.8 Å². The van der Waals surface area contributed by atoms with Crippen molar-refractivity contribution in [2.45, 2.75) is 11.8 Å². The number of nitrogens with zero attached hydrogens (tertiary/aromatic N) is 3. The van der Waals surface area contributed by atoms with E-state index < -0.39 is 16.0 Å². The lowest BCUT2D eigenvalue weighted by molar-refractivity contribution is 0.0600. The average Bonchev–Trinajstić information content (AvgIpc) is 2.76. The summed E-state index contributed by atoms with van der Waals surface area (Å²) in [6.45, 7) is 1.82. The number of aromatic nitrogens is 2. The van der Waals surface area contributed by atoms with Gasteiger partial charge in [-0.15, -0.1) is 0 Å². The number of sulfonamides is 1. The van der Waals surface area contributed by atoms with Gasteiger partial charge >= 0.3 is 5.97 Å². The number of nitrogens with one attached hydrogen (secondary N) is 2. The lowest BCUT2D eigenvalue weighted by Gasteiger charge is -2.17. The first-order valence-electron chi connectivity index (χ1n) is 9.30. The first-order chi connectivity index (χ1) is 14.7. The highest BCUT2D eigenvalue weighted by Gasteiger charge is 2.21. The Balaban J connectivity index is 1.87. The van der Waals surface area contributed by atoms with Crippen LogP contribution in [0.25, 0.3) is 0 Å². The summed E-state index contributed by atoms with van der Waals surface area (Å²) in [6, 6.07) is 13.3. The molecule has 0 atom stereocenters. The zero-order valence-electron chi connectivity index (χ0n) is 17.6. The van der Waals surface area contributed by atoms with E-state index in [2.05, 4.69) is 20.6 Å². The van der Waals surface area contributed by atoms with E-state index in [-0.39, 0.29) is 4.90 Å². The second-order valence-electron chi connectivity index (χ2n) is 6.83. The molecule has 0 saturated carbocycles. The molecule has 2 aromatic carbocycles. The van der Waals surface area contributed by atoms with E-state index >= 15 is 0 Å². The van der Waals surface area contributed by atoms with Crippen LogP contribution in [-0.2, 0) is 14.8 Å². The number of benzene rings is 2. The molecule has 9 nitrogen and oxygen atoms in total. The van der Waals surface area contributed by atoms with Crippen molar-refractivity contribution < 1.29 is 17.9 Å². The number of aryl methyl sites for hydroxylation is 1. The van der Waals surface area contributed by atoms with Gasteiger partial charge in [-0.3, -0.25) is 0 Å². The number of carbonyl (C=O) groups excluding carboxylic acids is 1. The highest BCUT2D eigenvalue weighted by atomic mass is 32.2. The number of esters is 1. The summed E-state index contributed by atoms with van der Waals surface area (Å²) in [4.78, 5) is 20.4. The smallest absolute Gasteiger partial charge is 0.337 e. The minimum atomic E-state index is -3.64. The van der Waals surface area contributed by atoms with E-state index in [1.54, 1.807) is 48.7 Å². The summed E-state index contributed by atoms with van der Waals surface area (Å²) in [5.41, 5.74) is 2.26. The molecule has 3 rings (SSSR count). The molecule has 1 aromatic heterocycles. The number of hydrogen-bond acceptors (Lipinski definition) is 8. The molecule has 0 unspecified atom stereocenters. The minimum absolute atomic E-state index is 0.144. The van der Waals surface area contributed by atoms with Crippen molar-refractivity contribution in [1.29, 1.82) is 0 Å². The molecule has 31 heavy (non-hydrogen) atoms. The number of rotatable bonds is 7. The molecule has 1 heterocycles. The Kier molecular flexibility index (Phi) is 6.52. The maximum Gasteiger partial charge on any atom is 0.337 e. The third-order valence-corrected chi connectivity index (χ3v) is 6.31. The maximum atomic E-state index is 12.6. The van der Waals surface area contributed by atoms with Gasteiger partial charge in [-0.2, -0.15) is 4.98 Å². The minimum Gasteiger partial charge on any atom is -0.465 e. The third-order valence-electron chi connectivity index (χ3n) is 4.43. The molecule has 0 aliphatic rings. The number of hydrogen-bond donors (Lipinski definition) is 2. The van der Waals surface area contributed by atoms with Gasteiger partial charge in [0.15, 0.2) is 0 Å². The van der Waals surface area contributed by atoms with Crippen LogP contribution in [0.15, 0.2) is 59.6 Å². The Labute approximate surface area is 181 Å². The predicted molar refractivity (Wildman–Crippen MR) is 118 cm³/mol. The molecule has 0 fully saturated rings. The Bertz CT molecular complexity index is 1190. The standard InChI is InChI=1S/C21H23N5O4S/c1-14-13-22-21(23-16-11-9-15(10-12-16)20(27)30-4)25-19(14)24-17-7-5-6-8-18(17)31(28,29)26(2)3/h5-13H,1-4H3,(H2,22,23,24,25). The van der Waals surface area contributed by atoms with Gasteiger partial charge in [0.2, 0.25) is 16.0 Å². The summed E-state index contributed by atoms with van der Waals surface area (Å²) in [6.07, 6.45) is 1.63. The average molecular weight is 442 g/mol. The Hall–Kier alpha value is -3.50. The van der Waals surface area contributed by atoms with Crippen molar-refractivity contribution in [2.24, 2.45) is 0 Å². The second-order valence-corrected chi connectivity index (χ2v) is 8.95. The van der Waals surface area contributed by atoms with Gasteiger partial charge in [-0.25, -0.2) is 22.5 Å². The van der Waals surface area contributed by atoms with E-state index in [0.29, 0.717) is 28.7 Å². The Morgan fingerprint density at radius 3 is 2.35 bits per heavy atom. The number of ether oxygens (including phenoxy) is 1. The van der Waals surface area contributed by atoms with Crippen molar-refractivity contribution in [3.05, 3.63) is 65.9 Å². The van der Waals surface area contributed by atoms with E-state index in [1.165, 1.54) is 27.3 Å². The monoisotopic (exact) mass is 441 g/mol. The van der Waals surface area contributed by atoms with Crippen LogP contribution >= 0.6 is 0 Å². The van der Waals surface area contributed by atoms with Crippen molar-refractivity contribution >= 4 is 39.1 Å². The van der Waals surface area contributed by atoms with Gasteiger partial charge in [-0.1, -0.05) is 12.1 Å². The van der Waals surface area contributed by atoms with E-state index in [1.807, 2.05) is 6.92 Å². The maximum absolute atomic E-state index is 12.6. The van der Waals surface area contributed by atoms with Crippen LogP contribution in [0, 0.1) is 6.92 Å². The molecule has 0 saturated heterocycles. The molecule has 10 heteroatoms. The number of para-hydroxylation sites is 1. The van der Waals surface area contributed by atoms with Crippen LogP contribution < -0.4 is 10.6 Å². The lowest BCUT2D eigenvalue weighted by atomic mass is 10.2. The number of anilines is 4. The first-order valence-corrected chi connectivity index (χ1v) is 10.7. The van der Waals surface area contributed by atoms with Gasteiger partial charge < -0.3 is 15.4 Å². The molecule has 0 spiro atoms. The largest absolute Gasteiger partial charge is 0.465 e. The normalized spacial score (nSPS) is 11.3. The fraction of sp³-hybridized carbons (Fsp3) is 0.190. The summed E-state index contributed by atoms with van der Waals surface area (Å²) < 4.78 is 31.1. The third kappa shape index (κ3) is 4.98. The van der Waals surface area contributed by atoms with E-state index in [9.17, 15) is 13.2 Å². The fourth-order valence-electron chi connectivity index (χ4n) is 2.68. The topological polar surface area (TPSA) is 114 Å². The van der Waals surface area contributed by atoms with Crippen molar-refractivity contribution in [3.63, 3.8) is 0 Å². The van der Waals surface area contributed by atoms with E-state index in [4.69, 9.17) is 4.74 Å². The van der Waals surface area contributed by atoms with E-state index in [0.717, 1.165) is 9.87 Å². The lowest BCUT2D eigenvalue weighted by Crippen LogP contribution is -2.23. The molecule has 0 amide bonds. The fourth-order valence-corrected chi connectivity index (χ4v) is 3.73. The predicted octanol–water partition coefficient (Wildman–Crippen LogP) is 3.31. The zero-order valence-corrected chi connectivity index (χ0v) is 18.4. The van der Waals surface area contributed by atoms with Gasteiger partial charge in [0.05, 0.1) is 18.4 Å². The van der Waals surface area contributed by atoms with Crippen LogP contribution in [0.3, 0.4) is 0 Å². The van der Waals surface area contributed by atoms with Crippen molar-refractivity contribution in [1.82, 2.24) is 14.3 Å². The Morgan fingerprint density at radius 1 is 1.03 bits per heavy atom. The van der Waals surface area contributed by atoms with Gasteiger partial charge in [0.25, 0.3) is 0 Å². The second kappa shape index (κ2) is 9.11. The van der Waals surface area contributed by atoms with Crippen LogP contribution in [-0.4, -0.2) is 49.9 Å². The van der Waals surface area contributed by atoms with Crippen LogP contribution in [0.5, 0.6) is 0 Å². The highest BCUT2D eigenvalue weighted by molar-refractivity contribution is 7.89. The van der Waals surface area contributed by atoms with Crippen LogP contribution in [0.1, 0.15) is 15.9 Å². The molecular formula is C21H23N5O4S. The molecule has 3 aromatic rings. The molecule has 162 valence electrons. The van der Waals surface area contributed by atoms with Gasteiger partial charge in [0, 0.05) is 31.5 Å². The highest BCUT2D eigenvalue weighted by Crippen LogP contribution is 2.27. The molecule has 0 aliphatic heterocycles. The molecule has 0 aliphatic carbocycles. The zero-order chi connectivity index (χ0) is 22.6. The number of methoxy groups -OCH3 is 1. The van der Waals surface area contributed by atoms with Gasteiger partial charge in [-0.05, 0) is 43.3 Å². The quantitative estimate of drug-likeness (QED) is 0.537. The van der Waals surface area contributed by atoms with Crippen LogP contribution in [0.4, 0.5) is 23.1 Å². The molecule has 2 N–H and O–H groups in total. The van der Waals surface area contributed by atoms with Gasteiger partial charge in [0.1, 0.15) is 10.7 Å². The van der Waals surface area contributed by atoms with Crippen LogP contribution in [0.2, 0.25) is 0 Å². The van der Waals surface area contributed by atoms with Crippen molar-refractivity contribution in [3.8, 4) is 0 Å². The summed E-state index contributed by atoms with van der Waals surface area (Å²) in [7, 11) is 0.649. The summed E-state index contributed by atoms with van der Waals surface area (Å²) in [5, 5.41) is 6.17. The molecule has 0 bridgehead atoms.